The lowest BCUT2D eigenvalue weighted by Crippen LogP contribution is -2.39. The van der Waals surface area contributed by atoms with Crippen molar-refractivity contribution in [2.24, 2.45) is 0 Å². The number of thiazole rings is 1. The van der Waals surface area contributed by atoms with Crippen LogP contribution in [0.5, 0.6) is 0 Å². The van der Waals surface area contributed by atoms with Gasteiger partial charge in [-0.25, -0.2) is 9.97 Å². The number of hydrogen-bond acceptors (Lipinski definition) is 5. The molecule has 3 aromatic rings. The molecule has 1 N–H and O–H groups in total. The van der Waals surface area contributed by atoms with E-state index in [9.17, 15) is 9.18 Å². The van der Waals surface area contributed by atoms with Gasteiger partial charge < -0.3 is 4.90 Å². The van der Waals surface area contributed by atoms with Crippen LogP contribution < -0.4 is 0 Å². The summed E-state index contributed by atoms with van der Waals surface area (Å²) in [5.41, 5.74) is 2.33. The molecule has 0 aliphatic carbocycles. The Labute approximate surface area is 154 Å². The lowest BCUT2D eigenvalue weighted by atomic mass is 9.94. The number of halogens is 1. The van der Waals surface area contributed by atoms with Gasteiger partial charge in [0, 0.05) is 37.1 Å². The molecule has 1 fully saturated rings. The molecule has 0 unspecified atom stereocenters. The molecular formula is C18H18FN5OS. The number of nitrogens with one attached hydrogen (secondary N) is 1. The van der Waals surface area contributed by atoms with Crippen molar-refractivity contribution < 1.29 is 9.18 Å². The summed E-state index contributed by atoms with van der Waals surface area (Å²) in [4.78, 5) is 23.3. The Kier molecular flexibility index (Phi) is 4.50. The first-order chi connectivity index (χ1) is 12.6. The van der Waals surface area contributed by atoms with Gasteiger partial charge in [0.1, 0.15) is 5.69 Å². The van der Waals surface area contributed by atoms with E-state index in [1.165, 1.54) is 18.3 Å². The third kappa shape index (κ3) is 3.37. The molecule has 0 radical (unpaired) electrons. The number of likely N-dealkylation sites (tertiary alicyclic amines) is 1. The van der Waals surface area contributed by atoms with E-state index in [1.54, 1.807) is 16.2 Å². The molecule has 0 saturated carbocycles. The van der Waals surface area contributed by atoms with Crippen molar-refractivity contribution in [2.45, 2.75) is 25.7 Å². The first-order valence-corrected chi connectivity index (χ1v) is 9.31. The van der Waals surface area contributed by atoms with Crippen LogP contribution in [0.4, 0.5) is 4.39 Å². The second kappa shape index (κ2) is 6.95. The highest BCUT2D eigenvalue weighted by Gasteiger charge is 2.27. The number of hydrogen-bond donors (Lipinski definition) is 1. The van der Waals surface area contributed by atoms with Gasteiger partial charge in [0.25, 0.3) is 5.91 Å². The summed E-state index contributed by atoms with van der Waals surface area (Å²) in [7, 11) is 0. The third-order valence-corrected chi connectivity index (χ3v) is 5.53. The van der Waals surface area contributed by atoms with Gasteiger partial charge in [-0.05, 0) is 38.0 Å². The van der Waals surface area contributed by atoms with E-state index in [-0.39, 0.29) is 11.8 Å². The normalized spacial score (nSPS) is 17.5. The van der Waals surface area contributed by atoms with Crippen molar-refractivity contribution in [3.63, 3.8) is 0 Å². The second-order valence-electron chi connectivity index (χ2n) is 6.41. The Bertz CT molecular complexity index is 920. The van der Waals surface area contributed by atoms with Crippen LogP contribution in [0.25, 0.3) is 10.6 Å². The predicted molar refractivity (Wildman–Crippen MR) is 96.5 cm³/mol. The molecule has 0 bridgehead atoms. The van der Waals surface area contributed by atoms with Crippen LogP contribution in [-0.2, 0) is 0 Å². The first kappa shape index (κ1) is 16.8. The highest BCUT2D eigenvalue weighted by molar-refractivity contribution is 7.15. The fourth-order valence-electron chi connectivity index (χ4n) is 3.25. The van der Waals surface area contributed by atoms with E-state index in [0.29, 0.717) is 18.7 Å². The zero-order chi connectivity index (χ0) is 18.1. The van der Waals surface area contributed by atoms with Gasteiger partial charge >= 0.3 is 0 Å². The van der Waals surface area contributed by atoms with Crippen LogP contribution in [-0.4, -0.2) is 44.1 Å². The zero-order valence-electron chi connectivity index (χ0n) is 14.3. The van der Waals surface area contributed by atoms with Gasteiger partial charge in [0.2, 0.25) is 5.95 Å². The van der Waals surface area contributed by atoms with Crippen molar-refractivity contribution in [1.82, 2.24) is 25.1 Å². The van der Waals surface area contributed by atoms with Crippen LogP contribution in [0.1, 0.15) is 39.8 Å². The number of carbonyl (C=O) groups is 1. The number of nitrogens with zero attached hydrogens (tertiary/aromatic N) is 4. The van der Waals surface area contributed by atoms with E-state index in [4.69, 9.17) is 0 Å². The molecular weight excluding hydrogens is 353 g/mol. The molecule has 1 saturated heterocycles. The average molecular weight is 371 g/mol. The second-order valence-corrected chi connectivity index (χ2v) is 7.65. The molecule has 3 aromatic heterocycles. The molecule has 1 aliphatic rings. The van der Waals surface area contributed by atoms with Crippen LogP contribution in [0, 0.1) is 12.9 Å². The number of carbonyl (C=O) groups excluding carboxylic acids is 1. The van der Waals surface area contributed by atoms with Gasteiger partial charge in [0.15, 0.2) is 0 Å². The molecule has 4 heterocycles. The standard InChI is InChI=1S/C18H18FN5OS/c1-11-20-9-16(26-11)15-7-14(22-23-15)13-3-2-6-24(10-13)18(25)12-4-5-17(19)21-8-12/h4-5,7-9,13H,2-3,6,10H2,1H3,(H,22,23)/t13-/m0/s1. The smallest absolute Gasteiger partial charge is 0.255 e. The fraction of sp³-hybridized carbons (Fsp3) is 0.333. The molecule has 26 heavy (non-hydrogen) atoms. The number of rotatable bonds is 3. The quantitative estimate of drug-likeness (QED) is 0.716. The molecule has 4 rings (SSSR count). The SMILES string of the molecule is Cc1ncc(-c2cc([C@H]3CCCN(C(=O)c4ccc(F)nc4)C3)[nH]n2)s1. The maximum Gasteiger partial charge on any atom is 0.255 e. The highest BCUT2D eigenvalue weighted by atomic mass is 32.1. The van der Waals surface area contributed by atoms with Crippen molar-refractivity contribution in [3.8, 4) is 10.6 Å². The number of aryl methyl sites for hydroxylation is 1. The highest BCUT2D eigenvalue weighted by Crippen LogP contribution is 2.30. The van der Waals surface area contributed by atoms with Crippen molar-refractivity contribution >= 4 is 17.2 Å². The minimum atomic E-state index is -0.582. The maximum absolute atomic E-state index is 13.0. The Morgan fingerprint density at radius 1 is 1.35 bits per heavy atom. The van der Waals surface area contributed by atoms with E-state index in [2.05, 4.69) is 20.2 Å². The monoisotopic (exact) mass is 371 g/mol. The Morgan fingerprint density at radius 2 is 2.23 bits per heavy atom. The molecule has 134 valence electrons. The lowest BCUT2D eigenvalue weighted by molar-refractivity contribution is 0.0705. The fourth-order valence-corrected chi connectivity index (χ4v) is 3.99. The molecule has 1 atom stereocenters. The Balaban J connectivity index is 1.49. The minimum absolute atomic E-state index is 0.111. The summed E-state index contributed by atoms with van der Waals surface area (Å²) >= 11 is 1.61. The van der Waals surface area contributed by atoms with Crippen LogP contribution in [0.15, 0.2) is 30.6 Å². The predicted octanol–water partition coefficient (Wildman–Crippen LogP) is 3.40. The number of pyridine rings is 1. The number of H-pyrrole nitrogens is 1. The number of aromatic amines is 1. The summed E-state index contributed by atoms with van der Waals surface area (Å²) in [5, 5.41) is 8.53. The summed E-state index contributed by atoms with van der Waals surface area (Å²) < 4.78 is 13.0. The molecule has 0 spiro atoms. The topological polar surface area (TPSA) is 74.8 Å². The molecule has 0 aromatic carbocycles. The largest absolute Gasteiger partial charge is 0.338 e. The Hall–Kier alpha value is -2.61. The van der Waals surface area contributed by atoms with Gasteiger partial charge in [-0.1, -0.05) is 0 Å². The van der Waals surface area contributed by atoms with E-state index in [0.717, 1.165) is 34.1 Å². The summed E-state index contributed by atoms with van der Waals surface area (Å²) in [5.74, 6) is -0.488. The van der Waals surface area contributed by atoms with Crippen LogP contribution in [0.2, 0.25) is 0 Å². The van der Waals surface area contributed by atoms with Crippen molar-refractivity contribution in [2.75, 3.05) is 13.1 Å². The summed E-state index contributed by atoms with van der Waals surface area (Å²) in [6.07, 6.45) is 5.04. The Morgan fingerprint density at radius 3 is 2.96 bits per heavy atom. The zero-order valence-corrected chi connectivity index (χ0v) is 15.1. The number of aromatic nitrogens is 4. The number of amides is 1. The molecule has 8 heteroatoms. The molecule has 6 nitrogen and oxygen atoms in total. The summed E-state index contributed by atoms with van der Waals surface area (Å²) in [6, 6.07) is 4.74. The van der Waals surface area contributed by atoms with Crippen molar-refractivity contribution in [1.29, 1.82) is 0 Å². The van der Waals surface area contributed by atoms with Crippen LogP contribution >= 0.6 is 11.3 Å². The van der Waals surface area contributed by atoms with E-state index < -0.39 is 5.95 Å². The van der Waals surface area contributed by atoms with Gasteiger partial charge in [-0.2, -0.15) is 9.49 Å². The molecule has 1 aliphatic heterocycles. The molecule has 1 amide bonds. The number of piperidine rings is 1. The van der Waals surface area contributed by atoms with Gasteiger partial charge in [-0.3, -0.25) is 9.89 Å². The minimum Gasteiger partial charge on any atom is -0.338 e. The third-order valence-electron chi connectivity index (χ3n) is 4.59. The maximum atomic E-state index is 13.0. The van der Waals surface area contributed by atoms with Gasteiger partial charge in [-0.15, -0.1) is 11.3 Å². The van der Waals surface area contributed by atoms with E-state index in [1.807, 2.05) is 19.2 Å². The summed E-state index contributed by atoms with van der Waals surface area (Å²) in [6.45, 7) is 3.28. The average Bonchev–Trinajstić information content (AvgIpc) is 3.31. The first-order valence-electron chi connectivity index (χ1n) is 8.49. The van der Waals surface area contributed by atoms with Crippen LogP contribution in [0.3, 0.4) is 0 Å². The van der Waals surface area contributed by atoms with Gasteiger partial charge in [0.05, 0.1) is 15.4 Å². The van der Waals surface area contributed by atoms with Crippen molar-refractivity contribution in [3.05, 3.63) is 52.8 Å². The van der Waals surface area contributed by atoms with E-state index >= 15 is 0 Å². The lowest BCUT2D eigenvalue weighted by Gasteiger charge is -2.32.